The molecule has 0 fully saturated rings. The lowest BCUT2D eigenvalue weighted by Gasteiger charge is -2.25. The summed E-state index contributed by atoms with van der Waals surface area (Å²) in [5, 5.41) is 2.76. The van der Waals surface area contributed by atoms with Crippen LogP contribution in [0.25, 0.3) is 21.8 Å². The van der Waals surface area contributed by atoms with Crippen LogP contribution in [0.3, 0.4) is 0 Å². The van der Waals surface area contributed by atoms with Crippen LogP contribution in [0.5, 0.6) is 0 Å². The van der Waals surface area contributed by atoms with Gasteiger partial charge in [-0.3, -0.25) is 0 Å². The van der Waals surface area contributed by atoms with Gasteiger partial charge in [0.25, 0.3) is 0 Å². The molecule has 0 saturated carbocycles. The average molecular weight is 342 g/mol. The molecule has 2 aromatic heterocycles. The van der Waals surface area contributed by atoms with E-state index in [0.717, 1.165) is 6.42 Å². The van der Waals surface area contributed by atoms with Crippen LogP contribution in [0.15, 0.2) is 48.5 Å². The first-order valence-corrected chi connectivity index (χ1v) is 9.68. The Morgan fingerprint density at radius 2 is 1.50 bits per heavy atom. The maximum atomic E-state index is 3.81. The Morgan fingerprint density at radius 3 is 2.19 bits per heavy atom. The maximum absolute atomic E-state index is 3.81. The largest absolute Gasteiger partial charge is 0.358 e. The van der Waals surface area contributed by atoms with E-state index in [1.807, 2.05) is 0 Å². The zero-order chi connectivity index (χ0) is 18.1. The molecule has 2 N–H and O–H groups in total. The van der Waals surface area contributed by atoms with Crippen LogP contribution >= 0.6 is 0 Å². The molecule has 1 unspecified atom stereocenters. The number of aromatic amines is 2. The van der Waals surface area contributed by atoms with E-state index < -0.39 is 0 Å². The van der Waals surface area contributed by atoms with Gasteiger partial charge in [0.05, 0.1) is 0 Å². The highest BCUT2D eigenvalue weighted by Crippen LogP contribution is 2.48. The quantitative estimate of drug-likeness (QED) is 0.408. The smallest absolute Gasteiger partial charge is 0.0459 e. The fraction of sp³-hybridized carbons (Fsp3) is 0.333. The van der Waals surface area contributed by atoms with Gasteiger partial charge in [0.2, 0.25) is 0 Å². The summed E-state index contributed by atoms with van der Waals surface area (Å²) in [5.41, 5.74) is 8.41. The topological polar surface area (TPSA) is 31.6 Å². The number of para-hydroxylation sites is 2. The summed E-state index contributed by atoms with van der Waals surface area (Å²) in [4.78, 5) is 7.60. The molecule has 0 saturated heterocycles. The second-order valence-electron chi connectivity index (χ2n) is 8.80. The van der Waals surface area contributed by atoms with Crippen LogP contribution in [0.1, 0.15) is 56.1 Å². The molecule has 4 aromatic rings. The zero-order valence-electron chi connectivity index (χ0n) is 16.0. The van der Waals surface area contributed by atoms with Crippen molar-refractivity contribution in [1.29, 1.82) is 0 Å². The first-order valence-electron chi connectivity index (χ1n) is 9.68. The highest BCUT2D eigenvalue weighted by Gasteiger charge is 2.39. The number of aromatic nitrogens is 2. The van der Waals surface area contributed by atoms with Gasteiger partial charge in [-0.1, -0.05) is 64.1 Å². The number of benzene rings is 2. The summed E-state index contributed by atoms with van der Waals surface area (Å²) in [5.74, 6) is 0.902. The summed E-state index contributed by atoms with van der Waals surface area (Å²) in [6, 6.07) is 17.6. The monoisotopic (exact) mass is 342 g/mol. The van der Waals surface area contributed by atoms with E-state index in [-0.39, 0.29) is 5.41 Å². The molecule has 0 radical (unpaired) electrons. The van der Waals surface area contributed by atoms with Crippen molar-refractivity contribution in [3.8, 4) is 0 Å². The third-order valence-electron chi connectivity index (χ3n) is 6.18. The van der Waals surface area contributed by atoms with E-state index in [1.165, 1.54) is 44.3 Å². The molecule has 1 atom stereocenters. The lowest BCUT2D eigenvalue weighted by molar-refractivity contribution is 0.507. The number of fused-ring (bicyclic) bond motifs is 6. The molecule has 26 heavy (non-hydrogen) atoms. The molecular weight excluding hydrogens is 316 g/mol. The minimum Gasteiger partial charge on any atom is -0.358 e. The summed E-state index contributed by atoms with van der Waals surface area (Å²) < 4.78 is 0. The van der Waals surface area contributed by atoms with Crippen molar-refractivity contribution in [3.63, 3.8) is 0 Å². The molecule has 0 aliphatic heterocycles. The second-order valence-corrected chi connectivity index (χ2v) is 8.80. The molecule has 2 heteroatoms. The average Bonchev–Trinajstić information content (AvgIpc) is 3.13. The van der Waals surface area contributed by atoms with E-state index in [0.29, 0.717) is 11.8 Å². The van der Waals surface area contributed by atoms with Crippen LogP contribution in [0.2, 0.25) is 0 Å². The standard InChI is InChI=1S/C24H26N2/c1-14(2)20-21-16-10-6-8-12-19(16)26-23(21)24(3,4)13-17-15-9-5-7-11-18(15)25-22(17)20/h5-12,14,20,25-26H,13H2,1-4H3. The van der Waals surface area contributed by atoms with Gasteiger partial charge < -0.3 is 9.97 Å². The van der Waals surface area contributed by atoms with Crippen LogP contribution in [-0.2, 0) is 11.8 Å². The zero-order valence-corrected chi connectivity index (χ0v) is 16.0. The Bertz CT molecular complexity index is 1120. The van der Waals surface area contributed by atoms with Crippen LogP contribution < -0.4 is 0 Å². The van der Waals surface area contributed by atoms with Crippen molar-refractivity contribution in [2.24, 2.45) is 5.92 Å². The SMILES string of the molecule is CC(C)C1c2[nH]c3ccccc3c2CC(C)(C)c2[nH]c3ccccc3c21. The predicted molar refractivity (Wildman–Crippen MR) is 110 cm³/mol. The summed E-state index contributed by atoms with van der Waals surface area (Å²) in [7, 11) is 0. The third-order valence-corrected chi connectivity index (χ3v) is 6.18. The van der Waals surface area contributed by atoms with E-state index in [2.05, 4.69) is 86.2 Å². The van der Waals surface area contributed by atoms with E-state index in [9.17, 15) is 0 Å². The predicted octanol–water partition coefficient (Wildman–Crippen LogP) is 6.27. The lowest BCUT2D eigenvalue weighted by atomic mass is 9.80. The highest BCUT2D eigenvalue weighted by atomic mass is 14.8. The molecule has 5 rings (SSSR count). The van der Waals surface area contributed by atoms with Crippen molar-refractivity contribution in [1.82, 2.24) is 9.97 Å². The van der Waals surface area contributed by atoms with Crippen molar-refractivity contribution >= 4 is 21.8 Å². The third kappa shape index (κ3) is 2.05. The van der Waals surface area contributed by atoms with Gasteiger partial charge in [-0.25, -0.2) is 0 Å². The molecule has 2 aromatic carbocycles. The number of H-pyrrole nitrogens is 2. The van der Waals surface area contributed by atoms with Gasteiger partial charge in [-0.2, -0.15) is 0 Å². The van der Waals surface area contributed by atoms with E-state index >= 15 is 0 Å². The maximum Gasteiger partial charge on any atom is 0.0459 e. The van der Waals surface area contributed by atoms with E-state index in [4.69, 9.17) is 0 Å². The Morgan fingerprint density at radius 1 is 0.885 bits per heavy atom. The lowest BCUT2D eigenvalue weighted by Crippen LogP contribution is -2.21. The molecule has 1 aliphatic carbocycles. The molecule has 0 spiro atoms. The van der Waals surface area contributed by atoms with Crippen LogP contribution in [-0.4, -0.2) is 9.97 Å². The van der Waals surface area contributed by atoms with Gasteiger partial charge in [0, 0.05) is 44.5 Å². The Labute approximate surface area is 154 Å². The molecule has 2 heterocycles. The summed E-state index contributed by atoms with van der Waals surface area (Å²) in [6.07, 6.45) is 1.05. The molecule has 132 valence electrons. The molecule has 0 bridgehead atoms. The Kier molecular flexibility index (Phi) is 3.19. The van der Waals surface area contributed by atoms with Gasteiger partial charge in [0.15, 0.2) is 0 Å². The van der Waals surface area contributed by atoms with Gasteiger partial charge in [-0.15, -0.1) is 0 Å². The minimum absolute atomic E-state index is 0.0672. The van der Waals surface area contributed by atoms with Crippen molar-refractivity contribution in [2.45, 2.75) is 45.4 Å². The van der Waals surface area contributed by atoms with Crippen molar-refractivity contribution < 1.29 is 0 Å². The molecule has 0 amide bonds. The second kappa shape index (κ2) is 5.26. The highest BCUT2D eigenvalue weighted by molar-refractivity contribution is 5.89. The number of hydrogen-bond donors (Lipinski definition) is 2. The van der Waals surface area contributed by atoms with Gasteiger partial charge in [0.1, 0.15) is 0 Å². The van der Waals surface area contributed by atoms with Gasteiger partial charge in [-0.05, 0) is 35.6 Å². The van der Waals surface area contributed by atoms with Crippen molar-refractivity contribution in [3.05, 3.63) is 71.0 Å². The summed E-state index contributed by atoms with van der Waals surface area (Å²) >= 11 is 0. The number of nitrogens with one attached hydrogen (secondary N) is 2. The number of rotatable bonds is 1. The number of hydrogen-bond acceptors (Lipinski definition) is 0. The Hall–Kier alpha value is -2.48. The van der Waals surface area contributed by atoms with Crippen LogP contribution in [0, 0.1) is 5.92 Å². The first kappa shape index (κ1) is 15.7. The fourth-order valence-corrected chi connectivity index (χ4v) is 5.04. The minimum atomic E-state index is 0.0672. The molecule has 2 nitrogen and oxygen atoms in total. The Balaban J connectivity index is 1.92. The van der Waals surface area contributed by atoms with Crippen molar-refractivity contribution in [2.75, 3.05) is 0 Å². The summed E-state index contributed by atoms with van der Waals surface area (Å²) in [6.45, 7) is 9.47. The molecular formula is C24H26N2. The first-order chi connectivity index (χ1) is 12.5. The van der Waals surface area contributed by atoms with Gasteiger partial charge >= 0.3 is 0 Å². The normalized spacial score (nSPS) is 18.9. The van der Waals surface area contributed by atoms with E-state index in [1.54, 1.807) is 0 Å². The van der Waals surface area contributed by atoms with Crippen LogP contribution in [0.4, 0.5) is 0 Å². The fourth-order valence-electron chi connectivity index (χ4n) is 5.04. The molecule has 1 aliphatic rings.